The van der Waals surface area contributed by atoms with Crippen molar-refractivity contribution in [2.45, 2.75) is 30.3 Å². The van der Waals surface area contributed by atoms with Crippen LogP contribution in [0.3, 0.4) is 0 Å². The van der Waals surface area contributed by atoms with Gasteiger partial charge in [-0.15, -0.1) is 0 Å². The lowest BCUT2D eigenvalue weighted by molar-refractivity contribution is -0.142. The van der Waals surface area contributed by atoms with E-state index in [0.717, 1.165) is 41.6 Å². The first kappa shape index (κ1) is 23.9. The Balaban J connectivity index is 1.53. The van der Waals surface area contributed by atoms with Gasteiger partial charge in [-0.2, -0.15) is 22.6 Å². The second-order valence-electron chi connectivity index (χ2n) is 7.74. The Morgan fingerprint density at radius 1 is 0.971 bits per heavy atom. The molecule has 1 aromatic heterocycles. The summed E-state index contributed by atoms with van der Waals surface area (Å²) in [6, 6.07) is 9.36. The van der Waals surface area contributed by atoms with Gasteiger partial charge in [-0.25, -0.2) is 17.5 Å². The molecule has 4 rings (SSSR count). The van der Waals surface area contributed by atoms with Crippen LogP contribution in [0.5, 0.6) is 0 Å². The fourth-order valence-electron chi connectivity index (χ4n) is 3.70. The molecule has 1 fully saturated rings. The van der Waals surface area contributed by atoms with Crippen molar-refractivity contribution < 1.29 is 30.8 Å². The maximum Gasteiger partial charge on any atom is 0.433 e. The number of nitrogens with zero attached hydrogens (tertiary/aromatic N) is 3. The van der Waals surface area contributed by atoms with Crippen molar-refractivity contribution in [1.82, 2.24) is 14.1 Å². The summed E-state index contributed by atoms with van der Waals surface area (Å²) in [5, 5.41) is 6.21. The summed E-state index contributed by atoms with van der Waals surface area (Å²) >= 11 is 0. The maximum absolute atomic E-state index is 14.4. The molecule has 0 spiro atoms. The second kappa shape index (κ2) is 9.18. The Morgan fingerprint density at radius 2 is 1.65 bits per heavy atom. The average Bonchev–Trinajstić information content (AvgIpc) is 3.31. The van der Waals surface area contributed by atoms with E-state index in [1.807, 2.05) is 0 Å². The van der Waals surface area contributed by atoms with E-state index < -0.39 is 38.5 Å². The quantitative estimate of drug-likeness (QED) is 0.529. The number of carbonyl (C=O) groups is 1. The summed E-state index contributed by atoms with van der Waals surface area (Å²) in [5.74, 6) is -1.65. The SMILES string of the molecule is O=C(Nc1ccc(-n2nccc2C(F)(F)F)cc1)c1ccc(F)c(S(=O)(=O)N2CCCCC2)c1. The van der Waals surface area contributed by atoms with Crippen LogP contribution in [0.15, 0.2) is 59.6 Å². The molecule has 3 aromatic rings. The van der Waals surface area contributed by atoms with Crippen molar-refractivity contribution in [3.05, 3.63) is 71.8 Å². The highest BCUT2D eigenvalue weighted by atomic mass is 32.2. The molecule has 0 atom stereocenters. The largest absolute Gasteiger partial charge is 0.433 e. The lowest BCUT2D eigenvalue weighted by atomic mass is 10.2. The van der Waals surface area contributed by atoms with Crippen LogP contribution in [0, 0.1) is 5.82 Å². The lowest BCUT2D eigenvalue weighted by Gasteiger charge is -2.26. The second-order valence-corrected chi connectivity index (χ2v) is 9.64. The molecule has 1 N–H and O–H groups in total. The number of carbonyl (C=O) groups excluding carboxylic acids is 1. The highest BCUT2D eigenvalue weighted by Crippen LogP contribution is 2.31. The number of anilines is 1. The first-order valence-corrected chi connectivity index (χ1v) is 11.8. The zero-order valence-corrected chi connectivity index (χ0v) is 18.5. The van der Waals surface area contributed by atoms with Gasteiger partial charge >= 0.3 is 6.18 Å². The Bertz CT molecular complexity index is 1300. The van der Waals surface area contributed by atoms with Gasteiger partial charge in [0.2, 0.25) is 10.0 Å². The van der Waals surface area contributed by atoms with Crippen molar-refractivity contribution >= 4 is 21.6 Å². The van der Waals surface area contributed by atoms with Crippen LogP contribution >= 0.6 is 0 Å². The molecule has 0 radical (unpaired) electrons. The molecule has 2 heterocycles. The maximum atomic E-state index is 14.4. The van der Waals surface area contributed by atoms with E-state index in [1.165, 1.54) is 28.6 Å². The zero-order valence-electron chi connectivity index (χ0n) is 17.7. The number of sulfonamides is 1. The summed E-state index contributed by atoms with van der Waals surface area (Å²) in [6.45, 7) is 0.577. The minimum atomic E-state index is -4.59. The van der Waals surface area contributed by atoms with Crippen LogP contribution in [0.25, 0.3) is 5.69 Å². The number of amides is 1. The molecule has 7 nitrogen and oxygen atoms in total. The third-order valence-corrected chi connectivity index (χ3v) is 7.34. The normalized spacial score (nSPS) is 15.3. The molecule has 12 heteroatoms. The fourth-order valence-corrected chi connectivity index (χ4v) is 5.31. The highest BCUT2D eigenvalue weighted by molar-refractivity contribution is 7.89. The fraction of sp³-hybridized carbons (Fsp3) is 0.273. The Labute approximate surface area is 193 Å². The zero-order chi connectivity index (χ0) is 24.5. The molecule has 1 aliphatic rings. The predicted octanol–water partition coefficient (Wildman–Crippen LogP) is 4.46. The number of hydrogen-bond donors (Lipinski definition) is 1. The van der Waals surface area contributed by atoms with E-state index in [0.29, 0.717) is 12.8 Å². The number of rotatable bonds is 5. The third-order valence-electron chi connectivity index (χ3n) is 5.43. The summed E-state index contributed by atoms with van der Waals surface area (Å²) in [4.78, 5) is 12.1. The van der Waals surface area contributed by atoms with Gasteiger partial charge in [0.25, 0.3) is 5.91 Å². The molecule has 2 aromatic carbocycles. The minimum absolute atomic E-state index is 0.0764. The van der Waals surface area contributed by atoms with Gasteiger partial charge in [0, 0.05) is 24.3 Å². The van der Waals surface area contributed by atoms with Gasteiger partial charge in [0.15, 0.2) is 0 Å². The summed E-state index contributed by atoms with van der Waals surface area (Å²) in [5.41, 5.74) is -0.642. The van der Waals surface area contributed by atoms with Crippen LogP contribution in [0.1, 0.15) is 35.3 Å². The standard InChI is InChI=1S/C22H20F4N4O3S/c23-18-9-4-15(14-19(18)34(32,33)29-12-2-1-3-13-29)21(31)28-16-5-7-17(8-6-16)30-20(10-11-27-30)22(24,25)26/h4-11,14H,1-3,12-13H2,(H,28,31). The van der Waals surface area contributed by atoms with Crippen LogP contribution in [-0.4, -0.2) is 41.5 Å². The Kier molecular flexibility index (Phi) is 6.45. The lowest BCUT2D eigenvalue weighted by Crippen LogP contribution is -2.36. The molecular weight excluding hydrogens is 476 g/mol. The van der Waals surface area contributed by atoms with Gasteiger partial charge < -0.3 is 5.32 Å². The van der Waals surface area contributed by atoms with Crippen molar-refractivity contribution in [2.75, 3.05) is 18.4 Å². The van der Waals surface area contributed by atoms with Gasteiger partial charge in [0.1, 0.15) is 16.4 Å². The van der Waals surface area contributed by atoms with E-state index in [2.05, 4.69) is 10.4 Å². The topological polar surface area (TPSA) is 84.3 Å². The first-order chi connectivity index (χ1) is 16.1. The monoisotopic (exact) mass is 496 g/mol. The summed E-state index contributed by atoms with van der Waals surface area (Å²) in [7, 11) is -4.09. The Hall–Kier alpha value is -3.25. The number of alkyl halides is 3. The van der Waals surface area contributed by atoms with Crippen molar-refractivity contribution in [2.24, 2.45) is 0 Å². The van der Waals surface area contributed by atoms with E-state index in [-0.39, 0.29) is 30.0 Å². The number of halogens is 4. The smallest absolute Gasteiger partial charge is 0.322 e. The van der Waals surface area contributed by atoms with Crippen LogP contribution in [0.2, 0.25) is 0 Å². The third kappa shape index (κ3) is 4.82. The molecule has 1 amide bonds. The van der Waals surface area contributed by atoms with Gasteiger partial charge in [-0.05, 0) is 61.4 Å². The molecule has 0 bridgehead atoms. The number of benzene rings is 2. The van der Waals surface area contributed by atoms with Crippen LogP contribution in [-0.2, 0) is 16.2 Å². The molecule has 0 unspecified atom stereocenters. The highest BCUT2D eigenvalue weighted by Gasteiger charge is 2.35. The Morgan fingerprint density at radius 3 is 2.29 bits per heavy atom. The first-order valence-electron chi connectivity index (χ1n) is 10.4. The minimum Gasteiger partial charge on any atom is -0.322 e. The van der Waals surface area contributed by atoms with Crippen LogP contribution < -0.4 is 5.32 Å². The van der Waals surface area contributed by atoms with Gasteiger partial charge in [0.05, 0.1) is 11.9 Å². The number of aromatic nitrogens is 2. The molecule has 180 valence electrons. The predicted molar refractivity (Wildman–Crippen MR) is 116 cm³/mol. The van der Waals surface area contributed by atoms with E-state index >= 15 is 0 Å². The van der Waals surface area contributed by atoms with Crippen molar-refractivity contribution in [1.29, 1.82) is 0 Å². The number of hydrogen-bond acceptors (Lipinski definition) is 4. The van der Waals surface area contributed by atoms with Crippen LogP contribution in [0.4, 0.5) is 23.2 Å². The molecule has 0 aliphatic carbocycles. The summed E-state index contributed by atoms with van der Waals surface area (Å²) in [6.07, 6.45) is -1.30. The molecule has 0 saturated carbocycles. The van der Waals surface area contributed by atoms with E-state index in [1.54, 1.807) is 0 Å². The average molecular weight is 496 g/mol. The van der Waals surface area contributed by atoms with Crippen molar-refractivity contribution in [3.8, 4) is 5.69 Å². The van der Waals surface area contributed by atoms with Crippen molar-refractivity contribution in [3.63, 3.8) is 0 Å². The number of nitrogens with one attached hydrogen (secondary N) is 1. The molecule has 1 saturated heterocycles. The molecule has 1 aliphatic heterocycles. The van der Waals surface area contributed by atoms with Gasteiger partial charge in [-0.1, -0.05) is 6.42 Å². The van der Waals surface area contributed by atoms with E-state index in [9.17, 15) is 30.8 Å². The van der Waals surface area contributed by atoms with E-state index in [4.69, 9.17) is 0 Å². The molecule has 34 heavy (non-hydrogen) atoms. The van der Waals surface area contributed by atoms with Gasteiger partial charge in [-0.3, -0.25) is 4.79 Å². The summed E-state index contributed by atoms with van der Waals surface area (Å²) < 4.78 is 81.3. The number of piperidine rings is 1. The molecular formula is C22H20F4N4O3S.